The van der Waals surface area contributed by atoms with Crippen molar-refractivity contribution < 1.29 is 0 Å². The smallest absolute Gasteiger partial charge is 0.145 e. The molecule has 4 heteroatoms. The van der Waals surface area contributed by atoms with Gasteiger partial charge in [0.15, 0.2) is 0 Å². The van der Waals surface area contributed by atoms with E-state index in [-0.39, 0.29) is 6.17 Å². The van der Waals surface area contributed by atoms with E-state index >= 15 is 0 Å². The Kier molecular flexibility index (Phi) is 13.1. The lowest BCUT2D eigenvalue weighted by molar-refractivity contribution is 0.680. The van der Waals surface area contributed by atoms with E-state index in [1.807, 2.05) is 0 Å². The van der Waals surface area contributed by atoms with Gasteiger partial charge in [-0.05, 0) is 216 Å². The number of para-hydroxylation sites is 3. The number of nitrogens with one attached hydrogen (secondary N) is 1. The minimum absolute atomic E-state index is 0.0282. The van der Waals surface area contributed by atoms with Crippen LogP contribution < -0.4 is 10.2 Å². The molecule has 17 aromatic carbocycles. The molecule has 18 aromatic rings. The summed E-state index contributed by atoms with van der Waals surface area (Å²) in [5.74, 6) is 0.910. The van der Waals surface area contributed by atoms with E-state index < -0.39 is 0 Å². The van der Waals surface area contributed by atoms with Crippen LogP contribution in [0.15, 0.2) is 340 Å². The van der Waals surface area contributed by atoms with Gasteiger partial charge in [-0.25, -0.2) is 4.98 Å². The van der Waals surface area contributed by atoms with Crippen LogP contribution in [0.3, 0.4) is 0 Å². The van der Waals surface area contributed by atoms with E-state index in [9.17, 15) is 0 Å². The van der Waals surface area contributed by atoms with Crippen molar-refractivity contribution in [2.75, 3.05) is 10.2 Å². The fraction of sp³-hybridized carbons (Fsp3) is 0.0326. The van der Waals surface area contributed by atoms with Gasteiger partial charge in [0, 0.05) is 16.9 Å². The maximum atomic E-state index is 5.53. The number of anilines is 3. The summed E-state index contributed by atoms with van der Waals surface area (Å²) >= 11 is 0. The summed E-state index contributed by atoms with van der Waals surface area (Å²) in [5, 5.41) is 21.3. The second kappa shape index (κ2) is 22.7. The van der Waals surface area contributed by atoms with Gasteiger partial charge in [0.2, 0.25) is 0 Å². The van der Waals surface area contributed by atoms with Crippen LogP contribution in [0.25, 0.3) is 159 Å². The second-order valence-corrected chi connectivity index (χ2v) is 25.7. The molecule has 450 valence electrons. The van der Waals surface area contributed by atoms with Crippen molar-refractivity contribution >= 4 is 104 Å². The molecule has 1 aliphatic heterocycles. The number of nitrogens with zero attached hydrogens (tertiary/aromatic N) is 3. The van der Waals surface area contributed by atoms with Crippen LogP contribution in [0.1, 0.15) is 12.0 Å². The van der Waals surface area contributed by atoms with E-state index in [0.717, 1.165) is 63.5 Å². The molecule has 1 aromatic heterocycles. The summed E-state index contributed by atoms with van der Waals surface area (Å²) < 4.78 is 2.32. The Morgan fingerprint density at radius 1 is 0.302 bits per heavy atom. The normalized spacial score (nSPS) is 13.0. The third kappa shape index (κ3) is 9.24. The number of aromatic nitrogens is 2. The van der Waals surface area contributed by atoms with Gasteiger partial charge in [-0.3, -0.25) is 4.57 Å². The molecule has 1 N–H and O–H groups in total. The number of rotatable bonds is 11. The highest BCUT2D eigenvalue weighted by molar-refractivity contribution is 6.25. The van der Waals surface area contributed by atoms with Gasteiger partial charge in [-0.1, -0.05) is 273 Å². The minimum atomic E-state index is 0.0282. The topological polar surface area (TPSA) is 33.1 Å². The summed E-state index contributed by atoms with van der Waals surface area (Å²) in [6.45, 7) is 0. The summed E-state index contributed by atoms with van der Waals surface area (Å²) in [6.07, 6.45) is 1.76. The standard InChI is InChI=1S/C92H62N4/c1-2-25-71(26-3-1)96-86-53-37-59(38-54-87-93-83-35-16-17-36-85(83)95(87)72-50-47-64(48-51-72)88-77-30-12-14-32-79(77)91(80-33-15-13-31-78(80)88)74-34-18-24-63-21-8-9-27-73(63)74)55-84(86)94-92(96)65-43-39-62(40-44-65)68-49-52-81-82(58-68)90(70-46-42-61-20-5-7-23-67(61)57-70)76-29-11-10-28-75(76)89(81)69-45-41-60-19-4-6-22-66(60)56-69/h1-37,39-53,55-58,87,93H,38,54H2. The Morgan fingerprint density at radius 3 is 1.45 bits per heavy atom. The molecule has 0 saturated carbocycles. The lowest BCUT2D eigenvalue weighted by atomic mass is 9.84. The SMILES string of the molecule is c1ccc(-n2c(-c3ccc(-c4ccc5c(-c6ccc7ccccc7c6)c6ccccc6c(-c6ccc7ccccc7c6)c5c4)cc3)nc3cc(CCC4Nc5ccccc5N4c4ccc(-c5c6ccccc6c(-c6cccc7ccccc67)c6ccccc56)cc4)ccc32)cc1. The van der Waals surface area contributed by atoms with Crippen LogP contribution in [0, 0.1) is 0 Å². The van der Waals surface area contributed by atoms with Crippen molar-refractivity contribution in [2.45, 2.75) is 19.0 Å². The quantitative estimate of drug-likeness (QED) is 0.131. The van der Waals surface area contributed by atoms with Crippen molar-refractivity contribution in [1.29, 1.82) is 0 Å². The number of hydrogen-bond acceptors (Lipinski definition) is 3. The lowest BCUT2D eigenvalue weighted by Crippen LogP contribution is -2.32. The van der Waals surface area contributed by atoms with Crippen LogP contribution in [0.2, 0.25) is 0 Å². The molecule has 0 saturated heterocycles. The molecule has 2 heterocycles. The average Bonchev–Trinajstić information content (AvgIpc) is 1.04. The van der Waals surface area contributed by atoms with Gasteiger partial charge in [0.1, 0.15) is 12.0 Å². The summed E-state index contributed by atoms with van der Waals surface area (Å²) in [7, 11) is 0. The Labute approximate surface area is 556 Å². The molecule has 0 aliphatic carbocycles. The van der Waals surface area contributed by atoms with Crippen LogP contribution in [0.5, 0.6) is 0 Å². The largest absolute Gasteiger partial charge is 0.363 e. The maximum absolute atomic E-state index is 5.53. The third-order valence-corrected chi connectivity index (χ3v) is 20.2. The van der Waals surface area contributed by atoms with Gasteiger partial charge >= 0.3 is 0 Å². The van der Waals surface area contributed by atoms with Crippen molar-refractivity contribution in [3.63, 3.8) is 0 Å². The predicted molar refractivity (Wildman–Crippen MR) is 407 cm³/mol. The summed E-state index contributed by atoms with van der Waals surface area (Å²) in [4.78, 5) is 8.03. The lowest BCUT2D eigenvalue weighted by Gasteiger charge is -2.27. The Morgan fingerprint density at radius 2 is 0.792 bits per heavy atom. The molecule has 4 nitrogen and oxygen atoms in total. The van der Waals surface area contributed by atoms with Crippen molar-refractivity contribution in [2.24, 2.45) is 0 Å². The molecular weight excluding hydrogens is 1160 g/mol. The first-order valence-electron chi connectivity index (χ1n) is 33.4. The van der Waals surface area contributed by atoms with Crippen LogP contribution in [0.4, 0.5) is 17.1 Å². The molecule has 1 aliphatic rings. The van der Waals surface area contributed by atoms with Gasteiger partial charge in [0.25, 0.3) is 0 Å². The Bertz CT molecular complexity index is 6060. The number of imidazole rings is 1. The molecule has 19 rings (SSSR count). The monoisotopic (exact) mass is 1220 g/mol. The van der Waals surface area contributed by atoms with Gasteiger partial charge in [-0.15, -0.1) is 0 Å². The molecular formula is C92H62N4. The number of benzene rings is 17. The van der Waals surface area contributed by atoms with Gasteiger partial charge < -0.3 is 10.2 Å². The molecule has 0 radical (unpaired) electrons. The van der Waals surface area contributed by atoms with E-state index in [2.05, 4.69) is 355 Å². The Balaban J connectivity index is 0.653. The van der Waals surface area contributed by atoms with Gasteiger partial charge in [-0.2, -0.15) is 0 Å². The molecule has 0 amide bonds. The van der Waals surface area contributed by atoms with E-state index in [0.29, 0.717) is 0 Å². The molecule has 96 heavy (non-hydrogen) atoms. The van der Waals surface area contributed by atoms with Crippen molar-refractivity contribution in [1.82, 2.24) is 9.55 Å². The van der Waals surface area contributed by atoms with Crippen molar-refractivity contribution in [3.8, 4) is 72.7 Å². The van der Waals surface area contributed by atoms with Crippen molar-refractivity contribution in [3.05, 3.63) is 345 Å². The molecule has 0 bridgehead atoms. The predicted octanol–water partition coefficient (Wildman–Crippen LogP) is 24.6. The number of aryl methyl sites for hydroxylation is 1. The summed E-state index contributed by atoms with van der Waals surface area (Å²) in [6, 6.07) is 125. The number of fused-ring (bicyclic) bond motifs is 9. The fourth-order valence-electron chi connectivity index (χ4n) is 15.8. The zero-order chi connectivity index (χ0) is 63.2. The van der Waals surface area contributed by atoms with E-state index in [1.54, 1.807) is 0 Å². The molecule has 0 spiro atoms. The minimum Gasteiger partial charge on any atom is -0.363 e. The summed E-state index contributed by atoms with van der Waals surface area (Å²) in [5.41, 5.74) is 21.1. The van der Waals surface area contributed by atoms with Crippen LogP contribution >= 0.6 is 0 Å². The maximum Gasteiger partial charge on any atom is 0.145 e. The average molecular weight is 1220 g/mol. The zero-order valence-electron chi connectivity index (χ0n) is 52.7. The highest BCUT2D eigenvalue weighted by Gasteiger charge is 2.30. The van der Waals surface area contributed by atoms with E-state index in [1.165, 1.54) is 131 Å². The third-order valence-electron chi connectivity index (χ3n) is 20.2. The zero-order valence-corrected chi connectivity index (χ0v) is 52.7. The van der Waals surface area contributed by atoms with Crippen LogP contribution in [-0.2, 0) is 6.42 Å². The van der Waals surface area contributed by atoms with Gasteiger partial charge in [0.05, 0.1) is 22.4 Å². The molecule has 0 fully saturated rings. The first kappa shape index (κ1) is 55.3. The Hall–Kier alpha value is -12.4. The first-order chi connectivity index (χ1) is 47.6. The first-order valence-corrected chi connectivity index (χ1v) is 33.4. The van der Waals surface area contributed by atoms with Crippen LogP contribution in [-0.4, -0.2) is 15.7 Å². The number of hydrogen-bond donors (Lipinski definition) is 1. The highest BCUT2D eigenvalue weighted by atomic mass is 15.3. The fourth-order valence-corrected chi connectivity index (χ4v) is 15.8. The highest BCUT2D eigenvalue weighted by Crippen LogP contribution is 2.49. The van der Waals surface area contributed by atoms with E-state index in [4.69, 9.17) is 4.98 Å². The second-order valence-electron chi connectivity index (χ2n) is 25.7. The molecule has 1 unspecified atom stereocenters. The molecule has 1 atom stereocenters.